The summed E-state index contributed by atoms with van der Waals surface area (Å²) in [6.07, 6.45) is 3.75. The summed E-state index contributed by atoms with van der Waals surface area (Å²) in [6.45, 7) is 7.57. The highest BCUT2D eigenvalue weighted by Gasteiger charge is 2.52. The van der Waals surface area contributed by atoms with E-state index in [1.165, 1.54) is 0 Å². The highest BCUT2D eigenvalue weighted by Crippen LogP contribution is 2.37. The normalized spacial score (nSPS) is 20.4. The molecule has 0 aliphatic carbocycles. The Morgan fingerprint density at radius 1 is 1.00 bits per heavy atom. The van der Waals surface area contributed by atoms with Crippen molar-refractivity contribution in [2.45, 2.75) is 39.5 Å². The van der Waals surface area contributed by atoms with E-state index in [-0.39, 0.29) is 23.5 Å². The van der Waals surface area contributed by atoms with Gasteiger partial charge < -0.3 is 9.64 Å². The highest BCUT2D eigenvalue weighted by molar-refractivity contribution is 5.89. The van der Waals surface area contributed by atoms with Gasteiger partial charge in [0.2, 0.25) is 0 Å². The standard InChI is InChI=1S/C23H27NO2/c1-23(2,3)21-20(26-17-19-13-8-5-9-14-19)22(25)24(21)16-10-15-18-11-6-4-7-12-18/h4-15,20-21H,16-17H2,1-3H3/b15-10+/t20-,21-/m0/s1. The third kappa shape index (κ3) is 4.23. The van der Waals surface area contributed by atoms with E-state index >= 15 is 0 Å². The van der Waals surface area contributed by atoms with Crippen LogP contribution >= 0.6 is 0 Å². The Kier molecular flexibility index (Phi) is 5.58. The van der Waals surface area contributed by atoms with E-state index in [9.17, 15) is 4.79 Å². The largest absolute Gasteiger partial charge is 0.361 e. The van der Waals surface area contributed by atoms with Gasteiger partial charge in [-0.3, -0.25) is 4.79 Å². The van der Waals surface area contributed by atoms with Crippen molar-refractivity contribution >= 4 is 12.0 Å². The average Bonchev–Trinajstić information content (AvgIpc) is 2.63. The summed E-state index contributed by atoms with van der Waals surface area (Å²) in [6, 6.07) is 20.2. The van der Waals surface area contributed by atoms with Crippen LogP contribution in [-0.4, -0.2) is 29.5 Å². The molecule has 1 aliphatic rings. The Labute approximate surface area is 156 Å². The van der Waals surface area contributed by atoms with Gasteiger partial charge in [-0.05, 0) is 16.5 Å². The number of amides is 1. The first-order chi connectivity index (χ1) is 12.5. The zero-order valence-corrected chi connectivity index (χ0v) is 15.8. The molecule has 2 atom stereocenters. The Balaban J connectivity index is 1.63. The van der Waals surface area contributed by atoms with Gasteiger partial charge in [0.25, 0.3) is 5.91 Å². The summed E-state index contributed by atoms with van der Waals surface area (Å²) in [5.41, 5.74) is 2.20. The summed E-state index contributed by atoms with van der Waals surface area (Å²) in [5.74, 6) is 0.0820. The van der Waals surface area contributed by atoms with Crippen molar-refractivity contribution in [3.8, 4) is 0 Å². The SMILES string of the molecule is CC(C)(C)[C@@H]1[C@H](OCc2ccccc2)C(=O)N1C/C=C/c1ccccc1. The van der Waals surface area contributed by atoms with Crippen LogP contribution in [0.3, 0.4) is 0 Å². The minimum Gasteiger partial charge on any atom is -0.361 e. The first-order valence-corrected chi connectivity index (χ1v) is 9.14. The predicted octanol–water partition coefficient (Wildman–Crippen LogP) is 4.54. The lowest BCUT2D eigenvalue weighted by Gasteiger charge is -2.52. The molecule has 3 nitrogen and oxygen atoms in total. The molecule has 0 radical (unpaired) electrons. The molecule has 0 N–H and O–H groups in total. The molecule has 1 saturated heterocycles. The smallest absolute Gasteiger partial charge is 0.254 e. The zero-order chi connectivity index (χ0) is 18.6. The van der Waals surface area contributed by atoms with Crippen molar-refractivity contribution in [3.63, 3.8) is 0 Å². The van der Waals surface area contributed by atoms with Crippen LogP contribution in [-0.2, 0) is 16.1 Å². The summed E-state index contributed by atoms with van der Waals surface area (Å²) in [7, 11) is 0. The fourth-order valence-corrected chi connectivity index (χ4v) is 3.43. The molecule has 2 aromatic rings. The first kappa shape index (κ1) is 18.4. The second-order valence-electron chi connectivity index (χ2n) is 7.83. The third-order valence-electron chi connectivity index (χ3n) is 4.72. The lowest BCUT2D eigenvalue weighted by Crippen LogP contribution is -2.69. The van der Waals surface area contributed by atoms with Crippen molar-refractivity contribution < 1.29 is 9.53 Å². The first-order valence-electron chi connectivity index (χ1n) is 9.14. The van der Waals surface area contributed by atoms with E-state index in [4.69, 9.17) is 4.74 Å². The molecular formula is C23H27NO2. The Bertz CT molecular complexity index is 747. The molecule has 0 spiro atoms. The fraction of sp³-hybridized carbons (Fsp3) is 0.348. The van der Waals surface area contributed by atoms with Crippen molar-refractivity contribution in [3.05, 3.63) is 77.9 Å². The zero-order valence-electron chi connectivity index (χ0n) is 15.8. The van der Waals surface area contributed by atoms with E-state index in [0.717, 1.165) is 11.1 Å². The van der Waals surface area contributed by atoms with Gasteiger partial charge in [-0.25, -0.2) is 0 Å². The van der Waals surface area contributed by atoms with Crippen molar-refractivity contribution in [1.29, 1.82) is 0 Å². The fourth-order valence-electron chi connectivity index (χ4n) is 3.43. The van der Waals surface area contributed by atoms with Gasteiger partial charge >= 0.3 is 0 Å². The number of hydrogen-bond acceptors (Lipinski definition) is 2. The predicted molar refractivity (Wildman–Crippen MR) is 105 cm³/mol. The van der Waals surface area contributed by atoms with Crippen LogP contribution in [0.15, 0.2) is 66.7 Å². The van der Waals surface area contributed by atoms with Crippen LogP contribution in [0.25, 0.3) is 6.08 Å². The summed E-state index contributed by atoms with van der Waals surface area (Å²) in [5, 5.41) is 0. The number of β-lactam (4-membered cyclic amide) rings is 1. The lowest BCUT2D eigenvalue weighted by molar-refractivity contribution is -0.185. The molecule has 0 saturated carbocycles. The topological polar surface area (TPSA) is 29.5 Å². The van der Waals surface area contributed by atoms with Crippen molar-refractivity contribution in [2.24, 2.45) is 5.41 Å². The second kappa shape index (κ2) is 7.88. The molecule has 0 bridgehead atoms. The molecule has 1 heterocycles. The van der Waals surface area contributed by atoms with E-state index in [1.807, 2.05) is 53.4 Å². The van der Waals surface area contributed by atoms with E-state index in [2.05, 4.69) is 45.1 Å². The quantitative estimate of drug-likeness (QED) is 0.717. The summed E-state index contributed by atoms with van der Waals surface area (Å²) in [4.78, 5) is 14.6. The van der Waals surface area contributed by atoms with Gasteiger partial charge in [0, 0.05) is 6.54 Å². The van der Waals surface area contributed by atoms with Crippen LogP contribution in [0, 0.1) is 5.41 Å². The molecule has 3 rings (SSSR count). The van der Waals surface area contributed by atoms with Gasteiger partial charge in [-0.2, -0.15) is 0 Å². The van der Waals surface area contributed by atoms with Gasteiger partial charge in [-0.15, -0.1) is 0 Å². The Hall–Kier alpha value is -2.39. The second-order valence-corrected chi connectivity index (χ2v) is 7.83. The van der Waals surface area contributed by atoms with Crippen LogP contribution < -0.4 is 0 Å². The number of rotatable bonds is 6. The lowest BCUT2D eigenvalue weighted by atomic mass is 9.76. The molecule has 26 heavy (non-hydrogen) atoms. The van der Waals surface area contributed by atoms with E-state index in [0.29, 0.717) is 13.2 Å². The molecular weight excluding hydrogens is 322 g/mol. The summed E-state index contributed by atoms with van der Waals surface area (Å²) < 4.78 is 5.99. The molecule has 1 fully saturated rings. The Morgan fingerprint density at radius 3 is 2.23 bits per heavy atom. The number of carbonyl (C=O) groups excluding carboxylic acids is 1. The molecule has 0 aromatic heterocycles. The number of carbonyl (C=O) groups is 1. The Morgan fingerprint density at radius 2 is 1.62 bits per heavy atom. The van der Waals surface area contributed by atoms with Gasteiger partial charge in [0.15, 0.2) is 6.10 Å². The van der Waals surface area contributed by atoms with Crippen LogP contribution in [0.1, 0.15) is 31.9 Å². The van der Waals surface area contributed by atoms with Crippen LogP contribution in [0.2, 0.25) is 0 Å². The monoisotopic (exact) mass is 349 g/mol. The molecule has 0 unspecified atom stereocenters. The van der Waals surface area contributed by atoms with Gasteiger partial charge in [0.1, 0.15) is 0 Å². The third-order valence-corrected chi connectivity index (χ3v) is 4.72. The number of likely N-dealkylation sites (tertiary alicyclic amines) is 1. The maximum Gasteiger partial charge on any atom is 0.254 e. The number of hydrogen-bond donors (Lipinski definition) is 0. The highest BCUT2D eigenvalue weighted by atomic mass is 16.5. The number of ether oxygens (including phenoxy) is 1. The maximum absolute atomic E-state index is 12.6. The maximum atomic E-state index is 12.6. The molecule has 2 aromatic carbocycles. The van der Waals surface area contributed by atoms with Crippen molar-refractivity contribution in [1.82, 2.24) is 4.90 Å². The number of nitrogens with zero attached hydrogens (tertiary/aromatic N) is 1. The van der Waals surface area contributed by atoms with Crippen LogP contribution in [0.4, 0.5) is 0 Å². The van der Waals surface area contributed by atoms with Crippen LogP contribution in [0.5, 0.6) is 0 Å². The van der Waals surface area contributed by atoms with Crippen molar-refractivity contribution in [2.75, 3.05) is 6.54 Å². The van der Waals surface area contributed by atoms with Gasteiger partial charge in [-0.1, -0.05) is 93.6 Å². The molecule has 1 aliphatic heterocycles. The summed E-state index contributed by atoms with van der Waals surface area (Å²) >= 11 is 0. The molecule has 1 amide bonds. The van der Waals surface area contributed by atoms with Gasteiger partial charge in [0.05, 0.1) is 12.6 Å². The molecule has 136 valence electrons. The number of benzene rings is 2. The average molecular weight is 349 g/mol. The minimum atomic E-state index is -0.361. The molecule has 3 heteroatoms. The van der Waals surface area contributed by atoms with E-state index in [1.54, 1.807) is 0 Å². The van der Waals surface area contributed by atoms with E-state index < -0.39 is 0 Å². The minimum absolute atomic E-state index is 0.0319.